The molecule has 0 spiro atoms. The van der Waals surface area contributed by atoms with Gasteiger partial charge in [-0.05, 0) is 12.5 Å². The van der Waals surface area contributed by atoms with Crippen LogP contribution in [0.1, 0.15) is 6.42 Å². The molecule has 0 heterocycles. The topological polar surface area (TPSA) is 0 Å². The van der Waals surface area contributed by atoms with Crippen molar-refractivity contribution in [2.75, 3.05) is 0 Å². The molecule has 0 aromatic rings. The van der Waals surface area contributed by atoms with Crippen LogP contribution in [-0.2, 0) is 0 Å². The van der Waals surface area contributed by atoms with E-state index in [-0.39, 0.29) is 0 Å². The van der Waals surface area contributed by atoms with E-state index in [2.05, 4.69) is 18.9 Å². The highest BCUT2D eigenvalue weighted by Crippen LogP contribution is 1.81. The minimum absolute atomic E-state index is 0.915. The number of allylic oxidation sites excluding steroid dienone is 4. The second-order valence-corrected chi connectivity index (χ2v) is 1.32. The van der Waals surface area contributed by atoms with Gasteiger partial charge >= 0.3 is 0 Å². The largest absolute Gasteiger partial charge is 0.129 e. The first kappa shape index (κ1) is 7.00. The predicted molar refractivity (Wildman–Crippen MR) is 37.7 cm³/mol. The van der Waals surface area contributed by atoms with Gasteiger partial charge in [-0.1, -0.05) is 24.8 Å². The van der Waals surface area contributed by atoms with Crippen LogP contribution in [0.2, 0.25) is 0 Å². The van der Waals surface area contributed by atoms with Gasteiger partial charge in [0.15, 0.2) is 0 Å². The van der Waals surface area contributed by atoms with Crippen LogP contribution in [-0.4, -0.2) is 0 Å². The SMILES string of the molecule is C=C=CC=CCC=C. The molecule has 0 bridgehead atoms. The summed E-state index contributed by atoms with van der Waals surface area (Å²) in [6, 6.07) is 0. The van der Waals surface area contributed by atoms with E-state index in [1.54, 1.807) is 6.08 Å². The minimum atomic E-state index is 0.915. The molecule has 0 nitrogen and oxygen atoms in total. The molecule has 0 radical (unpaired) electrons. The lowest BCUT2D eigenvalue weighted by Crippen LogP contribution is -1.50. The van der Waals surface area contributed by atoms with Gasteiger partial charge < -0.3 is 0 Å². The van der Waals surface area contributed by atoms with Crippen LogP contribution >= 0.6 is 0 Å². The molecular formula is C8H10. The van der Waals surface area contributed by atoms with Crippen molar-refractivity contribution in [2.24, 2.45) is 0 Å². The molecule has 0 fully saturated rings. The smallest absolute Gasteiger partial charge is 0.0169 e. The van der Waals surface area contributed by atoms with Crippen molar-refractivity contribution in [3.8, 4) is 0 Å². The molecule has 0 saturated carbocycles. The quantitative estimate of drug-likeness (QED) is 0.294. The maximum Gasteiger partial charge on any atom is -0.0169 e. The summed E-state index contributed by atoms with van der Waals surface area (Å²) in [6.45, 7) is 6.96. The zero-order valence-corrected chi connectivity index (χ0v) is 4.93. The van der Waals surface area contributed by atoms with E-state index < -0.39 is 0 Å². The molecule has 0 aliphatic carbocycles. The molecule has 0 aliphatic rings. The summed E-state index contributed by atoms with van der Waals surface area (Å²) in [6.07, 6.45) is 8.41. The number of hydrogen-bond acceptors (Lipinski definition) is 0. The summed E-state index contributed by atoms with van der Waals surface area (Å²) in [5.41, 5.74) is 2.63. The van der Waals surface area contributed by atoms with Crippen LogP contribution < -0.4 is 0 Å². The Morgan fingerprint density at radius 3 is 2.75 bits per heavy atom. The molecule has 0 unspecified atom stereocenters. The predicted octanol–water partition coefficient (Wildman–Crippen LogP) is 2.46. The van der Waals surface area contributed by atoms with Gasteiger partial charge in [-0.2, -0.15) is 0 Å². The van der Waals surface area contributed by atoms with Crippen molar-refractivity contribution in [3.63, 3.8) is 0 Å². The highest BCUT2D eigenvalue weighted by molar-refractivity contribution is 5.01. The number of rotatable bonds is 3. The van der Waals surface area contributed by atoms with Gasteiger partial charge in [-0.15, -0.1) is 12.3 Å². The summed E-state index contributed by atoms with van der Waals surface area (Å²) in [4.78, 5) is 0. The van der Waals surface area contributed by atoms with E-state index in [9.17, 15) is 0 Å². The van der Waals surface area contributed by atoms with Crippen LogP contribution in [0.5, 0.6) is 0 Å². The molecule has 8 heavy (non-hydrogen) atoms. The van der Waals surface area contributed by atoms with Gasteiger partial charge in [-0.25, -0.2) is 0 Å². The van der Waals surface area contributed by atoms with Crippen LogP contribution in [0.15, 0.2) is 43.2 Å². The van der Waals surface area contributed by atoms with Crippen molar-refractivity contribution < 1.29 is 0 Å². The van der Waals surface area contributed by atoms with Crippen LogP contribution in [0, 0.1) is 0 Å². The van der Waals surface area contributed by atoms with Gasteiger partial charge in [0.25, 0.3) is 0 Å². The van der Waals surface area contributed by atoms with Crippen molar-refractivity contribution in [2.45, 2.75) is 6.42 Å². The van der Waals surface area contributed by atoms with Crippen LogP contribution in [0.25, 0.3) is 0 Å². The standard InChI is InChI=1S/C8H10/c1-3-5-7-8-6-4-2/h3,6-8H,1-2,5H2. The van der Waals surface area contributed by atoms with Crippen molar-refractivity contribution >= 4 is 0 Å². The lowest BCUT2D eigenvalue weighted by Gasteiger charge is -1.71. The zero-order valence-electron chi connectivity index (χ0n) is 4.93. The Labute approximate surface area is 50.5 Å². The van der Waals surface area contributed by atoms with Gasteiger partial charge in [0.1, 0.15) is 0 Å². The van der Waals surface area contributed by atoms with E-state index >= 15 is 0 Å². The molecule has 0 heteroatoms. The highest BCUT2D eigenvalue weighted by Gasteiger charge is 1.60. The number of hydrogen-bond donors (Lipinski definition) is 0. The van der Waals surface area contributed by atoms with Gasteiger partial charge in [-0.3, -0.25) is 0 Å². The van der Waals surface area contributed by atoms with Crippen LogP contribution in [0.4, 0.5) is 0 Å². The molecule has 0 rings (SSSR count). The second kappa shape index (κ2) is 6.00. The third kappa shape index (κ3) is 5.00. The summed E-state index contributed by atoms with van der Waals surface area (Å²) in [7, 11) is 0. The van der Waals surface area contributed by atoms with Crippen molar-refractivity contribution in [3.05, 3.63) is 43.2 Å². The Balaban J connectivity index is 3.33. The fourth-order valence-corrected chi connectivity index (χ4v) is 0.311. The summed E-state index contributed by atoms with van der Waals surface area (Å²) in [5, 5.41) is 0. The summed E-state index contributed by atoms with van der Waals surface area (Å²) in [5.74, 6) is 0. The van der Waals surface area contributed by atoms with E-state index in [0.717, 1.165) is 6.42 Å². The molecule has 0 N–H and O–H groups in total. The molecule has 0 saturated heterocycles. The summed E-state index contributed by atoms with van der Waals surface area (Å²) < 4.78 is 0. The minimum Gasteiger partial charge on any atom is -0.129 e. The average molecular weight is 106 g/mol. The van der Waals surface area contributed by atoms with E-state index in [4.69, 9.17) is 0 Å². The van der Waals surface area contributed by atoms with Crippen LogP contribution in [0.3, 0.4) is 0 Å². The normalized spacial score (nSPS) is 8.50. The first-order valence-electron chi connectivity index (χ1n) is 2.53. The van der Waals surface area contributed by atoms with Gasteiger partial charge in [0.2, 0.25) is 0 Å². The second-order valence-electron chi connectivity index (χ2n) is 1.32. The fourth-order valence-electron chi connectivity index (χ4n) is 0.311. The zero-order chi connectivity index (χ0) is 6.24. The lowest BCUT2D eigenvalue weighted by molar-refractivity contribution is 1.41. The monoisotopic (exact) mass is 106 g/mol. The van der Waals surface area contributed by atoms with Gasteiger partial charge in [0, 0.05) is 0 Å². The van der Waals surface area contributed by atoms with Gasteiger partial charge in [0.05, 0.1) is 0 Å². The fraction of sp³-hybridized carbons (Fsp3) is 0.125. The first-order valence-corrected chi connectivity index (χ1v) is 2.53. The lowest BCUT2D eigenvalue weighted by atomic mass is 10.4. The van der Waals surface area contributed by atoms with Crippen molar-refractivity contribution in [1.29, 1.82) is 0 Å². The summed E-state index contributed by atoms with van der Waals surface area (Å²) >= 11 is 0. The third-order valence-corrected chi connectivity index (χ3v) is 0.653. The molecule has 0 amide bonds. The van der Waals surface area contributed by atoms with E-state index in [1.165, 1.54) is 0 Å². The maximum atomic E-state index is 3.56. The Hall–Kier alpha value is -1.00. The molecule has 42 valence electrons. The maximum absolute atomic E-state index is 3.56. The molecule has 0 aromatic carbocycles. The molecule has 0 atom stereocenters. The molecular weight excluding hydrogens is 96.1 g/mol. The third-order valence-electron chi connectivity index (χ3n) is 0.653. The van der Waals surface area contributed by atoms with E-state index in [0.29, 0.717) is 0 Å². The Morgan fingerprint density at radius 2 is 2.25 bits per heavy atom. The Kier molecular flexibility index (Phi) is 5.25. The van der Waals surface area contributed by atoms with E-state index in [1.807, 2.05) is 18.2 Å². The highest BCUT2D eigenvalue weighted by atomic mass is 13.7. The first-order chi connectivity index (χ1) is 3.91. The Bertz CT molecular complexity index is 123. The molecule has 0 aromatic heterocycles. The van der Waals surface area contributed by atoms with Crippen molar-refractivity contribution in [1.82, 2.24) is 0 Å². The molecule has 0 aliphatic heterocycles. The Morgan fingerprint density at radius 1 is 1.50 bits per heavy atom. The average Bonchev–Trinajstić information content (AvgIpc) is 1.81.